The van der Waals surface area contributed by atoms with E-state index in [0.717, 1.165) is 16.7 Å². The second-order valence-electron chi connectivity index (χ2n) is 5.10. The molecule has 0 radical (unpaired) electrons. The van der Waals surface area contributed by atoms with E-state index in [9.17, 15) is 4.79 Å². The molecule has 120 valence electrons. The van der Waals surface area contributed by atoms with E-state index in [1.807, 2.05) is 38.1 Å². The van der Waals surface area contributed by atoms with Crippen molar-refractivity contribution in [3.8, 4) is 0 Å². The quantitative estimate of drug-likeness (QED) is 0.501. The average molecular weight is 332 g/mol. The van der Waals surface area contributed by atoms with E-state index in [1.54, 1.807) is 18.2 Å². The molecule has 0 saturated carbocycles. The van der Waals surface area contributed by atoms with Crippen LogP contribution in [-0.4, -0.2) is 18.3 Å². The van der Waals surface area contributed by atoms with Crippen LogP contribution >= 0.6 is 11.6 Å². The van der Waals surface area contributed by atoms with Gasteiger partial charge in [0.25, 0.3) is 5.91 Å². The first-order valence-corrected chi connectivity index (χ1v) is 7.42. The van der Waals surface area contributed by atoms with Crippen LogP contribution in [0.5, 0.6) is 0 Å². The number of amides is 1. The fourth-order valence-corrected chi connectivity index (χ4v) is 2.44. The number of anilines is 1. The Hall–Kier alpha value is -2.53. The Morgan fingerprint density at radius 2 is 1.96 bits per heavy atom. The Morgan fingerprint density at radius 1 is 1.26 bits per heavy atom. The highest BCUT2D eigenvalue weighted by molar-refractivity contribution is 6.34. The van der Waals surface area contributed by atoms with Crippen LogP contribution in [-0.2, 0) is 9.63 Å². The zero-order valence-corrected chi connectivity index (χ0v) is 13.7. The van der Waals surface area contributed by atoms with Crippen LogP contribution in [0.4, 0.5) is 5.69 Å². The van der Waals surface area contributed by atoms with Crippen molar-refractivity contribution in [3.05, 3.63) is 64.2 Å². The molecule has 0 aliphatic carbocycles. The first-order valence-electron chi connectivity index (χ1n) is 7.05. The molecule has 23 heavy (non-hydrogen) atoms. The van der Waals surface area contributed by atoms with E-state index in [0.29, 0.717) is 10.7 Å². The minimum atomic E-state index is -0.358. The summed E-state index contributed by atoms with van der Waals surface area (Å²) in [7, 11) is 0. The van der Waals surface area contributed by atoms with Crippen molar-refractivity contribution < 1.29 is 9.63 Å². The molecule has 0 unspecified atom stereocenters. The number of nitrogens with two attached hydrogens (primary N) is 1. The highest BCUT2D eigenvalue weighted by Crippen LogP contribution is 2.27. The first-order chi connectivity index (χ1) is 11.0. The lowest BCUT2D eigenvalue weighted by Crippen LogP contribution is -2.20. The predicted molar refractivity (Wildman–Crippen MR) is 92.7 cm³/mol. The van der Waals surface area contributed by atoms with Crippen LogP contribution in [0, 0.1) is 13.8 Å². The summed E-state index contributed by atoms with van der Waals surface area (Å²) in [5, 5.41) is 6.94. The first kappa shape index (κ1) is 16.8. The lowest BCUT2D eigenvalue weighted by atomic mass is 10.1. The van der Waals surface area contributed by atoms with Crippen LogP contribution < -0.4 is 11.1 Å². The van der Waals surface area contributed by atoms with Gasteiger partial charge in [-0.2, -0.15) is 0 Å². The Morgan fingerprint density at radius 3 is 2.61 bits per heavy atom. The molecule has 1 amide bonds. The number of rotatable bonds is 5. The third kappa shape index (κ3) is 4.72. The molecule has 0 aliphatic rings. The summed E-state index contributed by atoms with van der Waals surface area (Å²) in [6.07, 6.45) is 0. The van der Waals surface area contributed by atoms with Gasteiger partial charge in [-0.3, -0.25) is 4.79 Å². The summed E-state index contributed by atoms with van der Waals surface area (Å²) in [6, 6.07) is 12.9. The second-order valence-corrected chi connectivity index (χ2v) is 5.51. The van der Waals surface area contributed by atoms with Gasteiger partial charge in [-0.05, 0) is 31.0 Å². The minimum Gasteiger partial charge on any atom is -0.384 e. The van der Waals surface area contributed by atoms with Crippen molar-refractivity contribution in [1.82, 2.24) is 0 Å². The molecule has 0 spiro atoms. The van der Waals surface area contributed by atoms with E-state index in [1.165, 1.54) is 0 Å². The van der Waals surface area contributed by atoms with Gasteiger partial charge in [0, 0.05) is 5.56 Å². The smallest absolute Gasteiger partial charge is 0.265 e. The number of aryl methyl sites for hydroxylation is 2. The number of carbonyl (C=O) groups excluding carboxylic acids is 1. The number of hydrogen-bond acceptors (Lipinski definition) is 3. The summed E-state index contributed by atoms with van der Waals surface area (Å²) < 4.78 is 0. The average Bonchev–Trinajstić information content (AvgIpc) is 2.51. The molecular weight excluding hydrogens is 314 g/mol. The van der Waals surface area contributed by atoms with Gasteiger partial charge in [0.1, 0.15) is 0 Å². The zero-order chi connectivity index (χ0) is 16.8. The standard InChI is InChI=1S/C17H18ClN3O2/c1-11-8-12(2)16(14(18)9-11)20-15(22)10-23-21-17(19)13-6-4-3-5-7-13/h3-9H,10H2,1-2H3,(H2,19,21)(H,20,22). The SMILES string of the molecule is Cc1cc(C)c(NC(=O)CO/N=C(\N)c2ccccc2)c(Cl)c1. The number of nitrogens with zero attached hydrogens (tertiary/aromatic N) is 1. The van der Waals surface area contributed by atoms with Crippen molar-refractivity contribution in [1.29, 1.82) is 0 Å². The van der Waals surface area contributed by atoms with Crippen molar-refractivity contribution in [2.75, 3.05) is 11.9 Å². The molecule has 0 saturated heterocycles. The fraction of sp³-hybridized carbons (Fsp3) is 0.176. The Balaban J connectivity index is 1.94. The Kier molecular flexibility index (Phi) is 5.60. The van der Waals surface area contributed by atoms with Crippen molar-refractivity contribution in [3.63, 3.8) is 0 Å². The predicted octanol–water partition coefficient (Wildman–Crippen LogP) is 3.23. The monoisotopic (exact) mass is 331 g/mol. The van der Waals surface area contributed by atoms with E-state index in [-0.39, 0.29) is 18.3 Å². The topological polar surface area (TPSA) is 76.7 Å². The second kappa shape index (κ2) is 7.65. The highest BCUT2D eigenvalue weighted by Gasteiger charge is 2.10. The van der Waals surface area contributed by atoms with Crippen molar-refractivity contribution >= 4 is 29.0 Å². The summed E-state index contributed by atoms with van der Waals surface area (Å²) >= 11 is 6.14. The van der Waals surface area contributed by atoms with E-state index in [2.05, 4.69) is 10.5 Å². The minimum absolute atomic E-state index is 0.211. The normalized spacial score (nSPS) is 11.2. The molecule has 2 aromatic carbocycles. The van der Waals surface area contributed by atoms with Gasteiger partial charge >= 0.3 is 0 Å². The number of halogens is 1. The molecular formula is C17H18ClN3O2. The Labute approximate surface area is 140 Å². The van der Waals surface area contributed by atoms with Gasteiger partial charge in [-0.1, -0.05) is 53.2 Å². The van der Waals surface area contributed by atoms with Gasteiger partial charge in [0.15, 0.2) is 12.4 Å². The van der Waals surface area contributed by atoms with Crippen LogP contribution in [0.1, 0.15) is 16.7 Å². The van der Waals surface area contributed by atoms with Crippen LogP contribution in [0.3, 0.4) is 0 Å². The van der Waals surface area contributed by atoms with Gasteiger partial charge in [-0.15, -0.1) is 0 Å². The maximum Gasteiger partial charge on any atom is 0.265 e. The van der Waals surface area contributed by atoms with Crippen LogP contribution in [0.25, 0.3) is 0 Å². The van der Waals surface area contributed by atoms with Gasteiger partial charge in [0.2, 0.25) is 0 Å². The Bertz CT molecular complexity index is 707. The molecule has 2 aromatic rings. The molecule has 0 aliphatic heterocycles. The molecule has 0 heterocycles. The number of carbonyl (C=O) groups is 1. The summed E-state index contributed by atoms with van der Waals surface area (Å²) in [6.45, 7) is 3.56. The fourth-order valence-electron chi connectivity index (χ4n) is 2.07. The maximum absolute atomic E-state index is 11.9. The largest absolute Gasteiger partial charge is 0.384 e. The number of oxime groups is 1. The van der Waals surface area contributed by atoms with Crippen LogP contribution in [0.15, 0.2) is 47.6 Å². The molecule has 6 heteroatoms. The lowest BCUT2D eigenvalue weighted by Gasteiger charge is -2.11. The number of amidine groups is 1. The molecule has 2 rings (SSSR count). The third-order valence-electron chi connectivity index (χ3n) is 3.12. The number of benzene rings is 2. The van der Waals surface area contributed by atoms with Gasteiger partial charge < -0.3 is 15.9 Å². The lowest BCUT2D eigenvalue weighted by molar-refractivity contribution is -0.120. The van der Waals surface area contributed by atoms with Gasteiger partial charge in [0.05, 0.1) is 10.7 Å². The third-order valence-corrected chi connectivity index (χ3v) is 3.42. The van der Waals surface area contributed by atoms with E-state index < -0.39 is 0 Å². The van der Waals surface area contributed by atoms with Gasteiger partial charge in [-0.25, -0.2) is 0 Å². The molecule has 3 N–H and O–H groups in total. The molecule has 5 nitrogen and oxygen atoms in total. The molecule has 0 bridgehead atoms. The van der Waals surface area contributed by atoms with E-state index >= 15 is 0 Å². The number of hydrogen-bond donors (Lipinski definition) is 2. The summed E-state index contributed by atoms with van der Waals surface area (Å²) in [5.41, 5.74) is 8.99. The molecule has 0 fully saturated rings. The molecule has 0 aromatic heterocycles. The maximum atomic E-state index is 11.9. The van der Waals surface area contributed by atoms with Crippen LogP contribution in [0.2, 0.25) is 5.02 Å². The number of nitrogens with one attached hydrogen (secondary N) is 1. The molecule has 0 atom stereocenters. The zero-order valence-electron chi connectivity index (χ0n) is 13.0. The summed E-state index contributed by atoms with van der Waals surface area (Å²) in [4.78, 5) is 16.9. The summed E-state index contributed by atoms with van der Waals surface area (Å²) in [5.74, 6) is -0.147. The van der Waals surface area contributed by atoms with E-state index in [4.69, 9.17) is 22.2 Å². The van der Waals surface area contributed by atoms with Crippen molar-refractivity contribution in [2.45, 2.75) is 13.8 Å². The highest BCUT2D eigenvalue weighted by atomic mass is 35.5. The van der Waals surface area contributed by atoms with Crippen molar-refractivity contribution in [2.24, 2.45) is 10.9 Å².